The van der Waals surface area contributed by atoms with Gasteiger partial charge in [0.2, 0.25) is 0 Å². The van der Waals surface area contributed by atoms with E-state index in [0.717, 1.165) is 27.6 Å². The first-order valence-corrected chi connectivity index (χ1v) is 8.12. The number of amides is 1. The van der Waals surface area contributed by atoms with Gasteiger partial charge in [0.25, 0.3) is 5.91 Å². The van der Waals surface area contributed by atoms with Gasteiger partial charge in [-0.2, -0.15) is 5.10 Å². The molecular formula is C21H17N3O. The third kappa shape index (κ3) is 2.90. The van der Waals surface area contributed by atoms with E-state index in [9.17, 15) is 4.79 Å². The number of para-hydroxylation sites is 1. The largest absolute Gasteiger partial charge is 0.360 e. The first-order chi connectivity index (χ1) is 12.2. The lowest BCUT2D eigenvalue weighted by molar-refractivity contribution is 0.0956. The molecule has 0 fully saturated rings. The summed E-state index contributed by atoms with van der Waals surface area (Å²) in [5.41, 5.74) is 5.92. The fraction of sp³-hybridized carbons (Fsp3) is 0.0476. The third-order valence-electron chi connectivity index (χ3n) is 4.33. The van der Waals surface area contributed by atoms with E-state index in [1.807, 2.05) is 49.4 Å². The van der Waals surface area contributed by atoms with Crippen LogP contribution < -0.4 is 5.43 Å². The standard InChI is InChI=1S/C21H17N3O/c1-14(16-11-10-15-6-2-3-7-17(15)12-16)23-24-21(25)19-13-22-20-9-5-4-8-18(19)20/h2-13,22H,1H3,(H,24,25). The summed E-state index contributed by atoms with van der Waals surface area (Å²) < 4.78 is 0. The zero-order valence-electron chi connectivity index (χ0n) is 13.8. The predicted molar refractivity (Wildman–Crippen MR) is 102 cm³/mol. The molecule has 1 amide bonds. The lowest BCUT2D eigenvalue weighted by atomic mass is 10.0. The number of nitrogens with zero attached hydrogens (tertiary/aromatic N) is 1. The highest BCUT2D eigenvalue weighted by Crippen LogP contribution is 2.18. The van der Waals surface area contributed by atoms with Crippen LogP contribution in [0.15, 0.2) is 78.0 Å². The minimum atomic E-state index is -0.224. The minimum Gasteiger partial charge on any atom is -0.360 e. The second kappa shape index (κ2) is 6.24. The molecule has 0 bridgehead atoms. The van der Waals surface area contributed by atoms with E-state index >= 15 is 0 Å². The summed E-state index contributed by atoms with van der Waals surface area (Å²) in [6, 6.07) is 22.0. The Hall–Kier alpha value is -3.40. The zero-order valence-corrected chi connectivity index (χ0v) is 13.8. The van der Waals surface area contributed by atoms with Gasteiger partial charge in [-0.15, -0.1) is 0 Å². The number of carbonyl (C=O) groups excluding carboxylic acids is 1. The second-order valence-electron chi connectivity index (χ2n) is 5.95. The Balaban J connectivity index is 1.58. The van der Waals surface area contributed by atoms with Gasteiger partial charge in [-0.3, -0.25) is 4.79 Å². The second-order valence-corrected chi connectivity index (χ2v) is 5.95. The van der Waals surface area contributed by atoms with Crippen molar-refractivity contribution in [1.82, 2.24) is 10.4 Å². The monoisotopic (exact) mass is 327 g/mol. The smallest absolute Gasteiger partial charge is 0.273 e. The van der Waals surface area contributed by atoms with E-state index in [1.54, 1.807) is 6.20 Å². The van der Waals surface area contributed by atoms with E-state index in [4.69, 9.17) is 0 Å². The molecule has 0 aliphatic heterocycles. The van der Waals surface area contributed by atoms with Gasteiger partial charge < -0.3 is 4.98 Å². The summed E-state index contributed by atoms with van der Waals surface area (Å²) in [5.74, 6) is -0.224. The maximum absolute atomic E-state index is 12.4. The molecule has 1 heterocycles. The van der Waals surface area contributed by atoms with Crippen LogP contribution in [0.1, 0.15) is 22.8 Å². The number of hydrogen-bond donors (Lipinski definition) is 2. The molecule has 25 heavy (non-hydrogen) atoms. The number of H-pyrrole nitrogens is 1. The third-order valence-corrected chi connectivity index (χ3v) is 4.33. The fourth-order valence-electron chi connectivity index (χ4n) is 2.93. The average Bonchev–Trinajstić information content (AvgIpc) is 3.09. The van der Waals surface area contributed by atoms with Crippen molar-refractivity contribution < 1.29 is 4.79 Å². The Kier molecular flexibility index (Phi) is 3.78. The quantitative estimate of drug-likeness (QED) is 0.423. The Labute approximate surface area is 145 Å². The van der Waals surface area contributed by atoms with Gasteiger partial charge in [0.05, 0.1) is 11.3 Å². The van der Waals surface area contributed by atoms with Crippen molar-refractivity contribution in [3.8, 4) is 0 Å². The van der Waals surface area contributed by atoms with Gasteiger partial charge in [-0.25, -0.2) is 5.43 Å². The van der Waals surface area contributed by atoms with Gasteiger partial charge in [0.15, 0.2) is 0 Å². The van der Waals surface area contributed by atoms with E-state index in [0.29, 0.717) is 5.56 Å². The molecule has 0 atom stereocenters. The Morgan fingerprint density at radius 2 is 1.72 bits per heavy atom. The Bertz CT molecular complexity index is 1110. The van der Waals surface area contributed by atoms with Crippen LogP contribution in [0.2, 0.25) is 0 Å². The lowest BCUT2D eigenvalue weighted by Crippen LogP contribution is -2.19. The van der Waals surface area contributed by atoms with E-state index in [1.165, 1.54) is 5.39 Å². The Morgan fingerprint density at radius 1 is 0.960 bits per heavy atom. The molecule has 0 saturated heterocycles. The predicted octanol–water partition coefficient (Wildman–Crippen LogP) is 4.48. The van der Waals surface area contributed by atoms with Gasteiger partial charge in [0, 0.05) is 17.1 Å². The normalized spacial score (nSPS) is 11.8. The van der Waals surface area contributed by atoms with Gasteiger partial charge >= 0.3 is 0 Å². The number of rotatable bonds is 3. The van der Waals surface area contributed by atoms with E-state index in [2.05, 4.69) is 39.8 Å². The van der Waals surface area contributed by atoms with Crippen molar-refractivity contribution in [3.63, 3.8) is 0 Å². The lowest BCUT2D eigenvalue weighted by Gasteiger charge is -2.04. The summed E-state index contributed by atoms with van der Waals surface area (Å²) >= 11 is 0. The highest BCUT2D eigenvalue weighted by Gasteiger charge is 2.11. The maximum Gasteiger partial charge on any atom is 0.273 e. The van der Waals surface area contributed by atoms with E-state index < -0.39 is 0 Å². The Morgan fingerprint density at radius 3 is 2.60 bits per heavy atom. The summed E-state index contributed by atoms with van der Waals surface area (Å²) in [6.07, 6.45) is 1.71. The fourth-order valence-corrected chi connectivity index (χ4v) is 2.93. The first kappa shape index (κ1) is 15.1. The van der Waals surface area contributed by atoms with Crippen LogP contribution in [0, 0.1) is 0 Å². The van der Waals surface area contributed by atoms with Crippen LogP contribution in [0.3, 0.4) is 0 Å². The van der Waals surface area contributed by atoms with Crippen molar-refractivity contribution in [2.45, 2.75) is 6.92 Å². The van der Waals surface area contributed by atoms with Crippen LogP contribution in [-0.4, -0.2) is 16.6 Å². The summed E-state index contributed by atoms with van der Waals surface area (Å²) in [7, 11) is 0. The molecule has 4 nitrogen and oxygen atoms in total. The van der Waals surface area contributed by atoms with Crippen molar-refractivity contribution in [3.05, 3.63) is 84.1 Å². The molecule has 0 unspecified atom stereocenters. The highest BCUT2D eigenvalue weighted by molar-refractivity contribution is 6.08. The molecule has 4 heteroatoms. The number of carbonyl (C=O) groups is 1. The van der Waals surface area contributed by atoms with Crippen LogP contribution >= 0.6 is 0 Å². The van der Waals surface area contributed by atoms with Gasteiger partial charge in [-0.1, -0.05) is 54.6 Å². The number of nitrogens with one attached hydrogen (secondary N) is 2. The molecule has 0 spiro atoms. The molecule has 2 N–H and O–H groups in total. The molecule has 4 aromatic rings. The maximum atomic E-state index is 12.4. The van der Waals surface area contributed by atoms with Crippen molar-refractivity contribution in [2.24, 2.45) is 5.10 Å². The molecule has 0 saturated carbocycles. The number of hydrogen-bond acceptors (Lipinski definition) is 2. The van der Waals surface area contributed by atoms with Crippen LogP contribution in [0.5, 0.6) is 0 Å². The molecule has 122 valence electrons. The number of aromatic nitrogens is 1. The van der Waals surface area contributed by atoms with Gasteiger partial charge in [0.1, 0.15) is 0 Å². The molecule has 4 rings (SSSR count). The highest BCUT2D eigenvalue weighted by atomic mass is 16.2. The van der Waals surface area contributed by atoms with Crippen molar-refractivity contribution in [1.29, 1.82) is 0 Å². The van der Waals surface area contributed by atoms with E-state index in [-0.39, 0.29) is 5.91 Å². The number of hydrazone groups is 1. The molecular weight excluding hydrogens is 310 g/mol. The minimum absolute atomic E-state index is 0.224. The van der Waals surface area contributed by atoms with Gasteiger partial charge in [-0.05, 0) is 35.4 Å². The van der Waals surface area contributed by atoms with Crippen LogP contribution in [0.25, 0.3) is 21.7 Å². The number of fused-ring (bicyclic) bond motifs is 2. The summed E-state index contributed by atoms with van der Waals surface area (Å²) in [4.78, 5) is 15.5. The van der Waals surface area contributed by atoms with Crippen molar-refractivity contribution in [2.75, 3.05) is 0 Å². The topological polar surface area (TPSA) is 57.2 Å². The zero-order chi connectivity index (χ0) is 17.2. The SMILES string of the molecule is CC(=NNC(=O)c1c[nH]c2ccccc12)c1ccc2ccccc2c1. The first-order valence-electron chi connectivity index (χ1n) is 8.12. The average molecular weight is 327 g/mol. The molecule has 3 aromatic carbocycles. The molecule has 1 aromatic heterocycles. The van der Waals surface area contributed by atoms with Crippen LogP contribution in [-0.2, 0) is 0 Å². The molecule has 0 aliphatic carbocycles. The number of benzene rings is 3. The molecule has 0 radical (unpaired) electrons. The molecule has 0 aliphatic rings. The summed E-state index contributed by atoms with van der Waals surface area (Å²) in [6.45, 7) is 1.89. The number of aromatic amines is 1. The summed E-state index contributed by atoms with van der Waals surface area (Å²) in [5, 5.41) is 7.49. The van der Waals surface area contributed by atoms with Crippen molar-refractivity contribution >= 4 is 33.3 Å². The van der Waals surface area contributed by atoms with Crippen LogP contribution in [0.4, 0.5) is 0 Å².